The molecule has 0 fully saturated rings. The van der Waals surface area contributed by atoms with Crippen LogP contribution in [-0.4, -0.2) is 12.3 Å². The van der Waals surface area contributed by atoms with Crippen molar-refractivity contribution in [1.82, 2.24) is 5.32 Å². The molecule has 0 saturated carbocycles. The Kier molecular flexibility index (Phi) is 3.73. The van der Waals surface area contributed by atoms with E-state index in [0.29, 0.717) is 6.04 Å². The van der Waals surface area contributed by atoms with E-state index < -0.39 is 0 Å². The second-order valence-corrected chi connectivity index (χ2v) is 5.14. The van der Waals surface area contributed by atoms with Gasteiger partial charge in [0.05, 0.1) is 0 Å². The van der Waals surface area contributed by atoms with Crippen molar-refractivity contribution in [2.45, 2.75) is 17.4 Å². The van der Waals surface area contributed by atoms with Crippen LogP contribution in [0.25, 0.3) is 0 Å². The highest BCUT2D eigenvalue weighted by molar-refractivity contribution is 7.99. The number of benzene rings is 1. The Morgan fingerprint density at radius 3 is 3.27 bits per heavy atom. The van der Waals surface area contributed by atoms with Crippen LogP contribution in [0.5, 0.6) is 0 Å². The zero-order valence-electron chi connectivity index (χ0n) is 8.50. The van der Waals surface area contributed by atoms with Gasteiger partial charge in [-0.2, -0.15) is 0 Å². The predicted octanol–water partition coefficient (Wildman–Crippen LogP) is 3.65. The van der Waals surface area contributed by atoms with Gasteiger partial charge in [-0.3, -0.25) is 0 Å². The maximum atomic E-state index is 6.02. The molecule has 0 aliphatic carbocycles. The predicted molar refractivity (Wildman–Crippen MR) is 67.7 cm³/mol. The lowest BCUT2D eigenvalue weighted by Gasteiger charge is -2.25. The number of nitrogens with one attached hydrogen (secondary N) is 1. The summed E-state index contributed by atoms with van der Waals surface area (Å²) in [5.74, 6) is 1.17. The molecule has 1 aromatic rings. The minimum absolute atomic E-state index is 0.429. The Morgan fingerprint density at radius 1 is 1.60 bits per heavy atom. The van der Waals surface area contributed by atoms with E-state index in [9.17, 15) is 0 Å². The average molecular weight is 240 g/mol. The molecule has 1 N–H and O–H groups in total. The summed E-state index contributed by atoms with van der Waals surface area (Å²) < 4.78 is 0. The number of hydrogen-bond donors (Lipinski definition) is 1. The Bertz CT molecular complexity index is 365. The summed E-state index contributed by atoms with van der Waals surface area (Å²) in [6.45, 7) is 4.57. The molecule has 0 amide bonds. The molecule has 3 heteroatoms. The topological polar surface area (TPSA) is 12.0 Å². The lowest BCUT2D eigenvalue weighted by Crippen LogP contribution is -2.24. The van der Waals surface area contributed by atoms with Crippen LogP contribution < -0.4 is 5.32 Å². The quantitative estimate of drug-likeness (QED) is 0.809. The summed E-state index contributed by atoms with van der Waals surface area (Å²) in [5.41, 5.74) is 1.33. The Morgan fingerprint density at radius 2 is 2.47 bits per heavy atom. The molecule has 0 radical (unpaired) electrons. The SMILES string of the molecule is C=CCNC1CCSc2ccc(Cl)cc21. The first-order valence-electron chi connectivity index (χ1n) is 5.08. The first kappa shape index (κ1) is 11.1. The lowest BCUT2D eigenvalue weighted by molar-refractivity contribution is 0.541. The molecule has 1 nitrogen and oxygen atoms in total. The van der Waals surface area contributed by atoms with Gasteiger partial charge in [0, 0.05) is 22.5 Å². The van der Waals surface area contributed by atoms with E-state index in [1.165, 1.54) is 16.2 Å². The third-order valence-electron chi connectivity index (χ3n) is 2.52. The van der Waals surface area contributed by atoms with Crippen LogP contribution in [0.1, 0.15) is 18.0 Å². The van der Waals surface area contributed by atoms with Crippen molar-refractivity contribution in [3.8, 4) is 0 Å². The number of fused-ring (bicyclic) bond motifs is 1. The molecule has 1 unspecified atom stereocenters. The highest BCUT2D eigenvalue weighted by Crippen LogP contribution is 2.37. The second-order valence-electron chi connectivity index (χ2n) is 3.57. The molecule has 0 aromatic heterocycles. The fourth-order valence-corrected chi connectivity index (χ4v) is 3.09. The van der Waals surface area contributed by atoms with Gasteiger partial charge in [-0.1, -0.05) is 17.7 Å². The Labute approximate surface area is 99.9 Å². The maximum absolute atomic E-state index is 6.02. The summed E-state index contributed by atoms with van der Waals surface area (Å²) in [5, 5.41) is 4.29. The molecule has 15 heavy (non-hydrogen) atoms. The zero-order chi connectivity index (χ0) is 10.7. The van der Waals surface area contributed by atoms with Crippen LogP contribution >= 0.6 is 23.4 Å². The minimum Gasteiger partial charge on any atom is -0.306 e. The smallest absolute Gasteiger partial charge is 0.0410 e. The fraction of sp³-hybridized carbons (Fsp3) is 0.333. The van der Waals surface area contributed by atoms with E-state index in [0.717, 1.165) is 18.0 Å². The van der Waals surface area contributed by atoms with Crippen LogP contribution in [0, 0.1) is 0 Å². The van der Waals surface area contributed by atoms with Gasteiger partial charge in [0.1, 0.15) is 0 Å². The summed E-state index contributed by atoms with van der Waals surface area (Å²) >= 11 is 7.93. The average Bonchev–Trinajstić information content (AvgIpc) is 2.26. The highest BCUT2D eigenvalue weighted by atomic mass is 35.5. The van der Waals surface area contributed by atoms with E-state index in [2.05, 4.69) is 24.0 Å². The van der Waals surface area contributed by atoms with Gasteiger partial charge < -0.3 is 5.32 Å². The first-order valence-corrected chi connectivity index (χ1v) is 6.44. The molecule has 80 valence electrons. The molecule has 1 aromatic carbocycles. The molecular weight excluding hydrogens is 226 g/mol. The van der Waals surface area contributed by atoms with Gasteiger partial charge in [0.2, 0.25) is 0 Å². The van der Waals surface area contributed by atoms with E-state index >= 15 is 0 Å². The molecule has 2 rings (SSSR count). The van der Waals surface area contributed by atoms with Crippen molar-refractivity contribution in [3.63, 3.8) is 0 Å². The van der Waals surface area contributed by atoms with Crippen molar-refractivity contribution in [3.05, 3.63) is 41.4 Å². The molecule has 1 aliphatic heterocycles. The van der Waals surface area contributed by atoms with Crippen molar-refractivity contribution in [2.75, 3.05) is 12.3 Å². The summed E-state index contributed by atoms with van der Waals surface area (Å²) in [6, 6.07) is 6.58. The summed E-state index contributed by atoms with van der Waals surface area (Å²) in [6.07, 6.45) is 3.05. The van der Waals surface area contributed by atoms with Crippen LogP contribution in [0.4, 0.5) is 0 Å². The Hall–Kier alpha value is -0.440. The zero-order valence-corrected chi connectivity index (χ0v) is 10.1. The molecule has 1 atom stereocenters. The van der Waals surface area contributed by atoms with E-state index in [-0.39, 0.29) is 0 Å². The van der Waals surface area contributed by atoms with Crippen molar-refractivity contribution < 1.29 is 0 Å². The summed E-state index contributed by atoms with van der Waals surface area (Å²) in [7, 11) is 0. The standard InChI is InChI=1S/C12H14ClNS/c1-2-6-14-11-5-7-15-12-4-3-9(13)8-10(11)12/h2-4,8,11,14H,1,5-7H2. The van der Waals surface area contributed by atoms with Gasteiger partial charge in [0.25, 0.3) is 0 Å². The number of thioether (sulfide) groups is 1. The first-order chi connectivity index (χ1) is 7.31. The van der Waals surface area contributed by atoms with Crippen LogP contribution in [0.15, 0.2) is 35.7 Å². The van der Waals surface area contributed by atoms with E-state index in [1.807, 2.05) is 23.9 Å². The maximum Gasteiger partial charge on any atom is 0.0410 e. The van der Waals surface area contributed by atoms with Gasteiger partial charge in [-0.25, -0.2) is 0 Å². The second kappa shape index (κ2) is 5.06. The van der Waals surface area contributed by atoms with Crippen LogP contribution in [-0.2, 0) is 0 Å². The minimum atomic E-state index is 0.429. The van der Waals surface area contributed by atoms with Crippen LogP contribution in [0.3, 0.4) is 0 Å². The van der Waals surface area contributed by atoms with Gasteiger partial charge >= 0.3 is 0 Å². The number of hydrogen-bond acceptors (Lipinski definition) is 2. The highest BCUT2D eigenvalue weighted by Gasteiger charge is 2.19. The van der Waals surface area contributed by atoms with E-state index in [1.54, 1.807) is 0 Å². The molecule has 0 spiro atoms. The van der Waals surface area contributed by atoms with E-state index in [4.69, 9.17) is 11.6 Å². The van der Waals surface area contributed by atoms with Crippen LogP contribution in [0.2, 0.25) is 5.02 Å². The van der Waals surface area contributed by atoms with Crippen molar-refractivity contribution >= 4 is 23.4 Å². The summed E-state index contributed by atoms with van der Waals surface area (Å²) in [4.78, 5) is 1.35. The molecule has 0 saturated heterocycles. The third-order valence-corrected chi connectivity index (χ3v) is 3.88. The third kappa shape index (κ3) is 2.57. The normalized spacial score (nSPS) is 19.7. The largest absolute Gasteiger partial charge is 0.306 e. The van der Waals surface area contributed by atoms with Crippen molar-refractivity contribution in [2.24, 2.45) is 0 Å². The van der Waals surface area contributed by atoms with Crippen molar-refractivity contribution in [1.29, 1.82) is 0 Å². The molecule has 1 heterocycles. The number of rotatable bonds is 3. The molecule has 1 aliphatic rings. The molecule has 0 bridgehead atoms. The molecular formula is C12H14ClNS. The monoisotopic (exact) mass is 239 g/mol. The number of halogens is 1. The van der Waals surface area contributed by atoms with Gasteiger partial charge in [-0.15, -0.1) is 18.3 Å². The van der Waals surface area contributed by atoms with Gasteiger partial charge in [-0.05, 0) is 35.9 Å². The fourth-order valence-electron chi connectivity index (χ4n) is 1.80. The van der Waals surface area contributed by atoms with Gasteiger partial charge in [0.15, 0.2) is 0 Å². The lowest BCUT2D eigenvalue weighted by atomic mass is 10.0. The Balaban J connectivity index is 2.24.